The highest BCUT2D eigenvalue weighted by atomic mass is 127. The Morgan fingerprint density at radius 2 is 2.00 bits per heavy atom. The van der Waals surface area contributed by atoms with Crippen molar-refractivity contribution in [2.75, 3.05) is 11.9 Å². The second-order valence-electron chi connectivity index (χ2n) is 3.71. The minimum Gasteiger partial charge on any atom is -0.384 e. The van der Waals surface area contributed by atoms with Gasteiger partial charge in [0.05, 0.1) is 3.57 Å². The third kappa shape index (κ3) is 2.58. The zero-order valence-electron chi connectivity index (χ0n) is 9.76. The Morgan fingerprint density at radius 3 is 2.56 bits per heavy atom. The summed E-state index contributed by atoms with van der Waals surface area (Å²) in [5, 5.41) is 7.35. The van der Waals surface area contributed by atoms with Crippen molar-refractivity contribution in [1.82, 2.24) is 9.97 Å². The summed E-state index contributed by atoms with van der Waals surface area (Å²) in [6, 6.07) is 7.47. The van der Waals surface area contributed by atoms with Crippen molar-refractivity contribution in [2.45, 2.75) is 0 Å². The molecule has 18 heavy (non-hydrogen) atoms. The van der Waals surface area contributed by atoms with Gasteiger partial charge in [-0.3, -0.25) is 5.41 Å². The van der Waals surface area contributed by atoms with E-state index in [1.54, 1.807) is 6.20 Å². The number of nitrogens with zero attached hydrogens (tertiary/aromatic N) is 3. The maximum Gasteiger partial charge on any atom is 0.149 e. The van der Waals surface area contributed by atoms with Crippen LogP contribution in [-0.4, -0.2) is 22.9 Å². The molecule has 6 heteroatoms. The predicted octanol–water partition coefficient (Wildman–Crippen LogP) is 2.13. The molecule has 3 N–H and O–H groups in total. The first kappa shape index (κ1) is 12.7. The standard InChI is InChI=1S/C12H12IN5/c1-18(12-10(13)6-16-7-17-12)9-4-2-8(3-5-9)11(14)15/h2-7H,1H3,(H3,14,15). The molecule has 0 unspecified atom stereocenters. The van der Waals surface area contributed by atoms with Gasteiger partial charge in [0.1, 0.15) is 18.0 Å². The maximum absolute atomic E-state index is 7.35. The van der Waals surface area contributed by atoms with E-state index < -0.39 is 0 Å². The molecule has 0 amide bonds. The minimum absolute atomic E-state index is 0.0702. The van der Waals surface area contributed by atoms with Gasteiger partial charge in [0.25, 0.3) is 0 Å². The van der Waals surface area contributed by atoms with Gasteiger partial charge in [-0.05, 0) is 46.9 Å². The Balaban J connectivity index is 2.32. The van der Waals surface area contributed by atoms with E-state index in [0.717, 1.165) is 15.1 Å². The van der Waals surface area contributed by atoms with E-state index in [1.165, 1.54) is 6.33 Å². The molecule has 92 valence electrons. The van der Waals surface area contributed by atoms with Crippen LogP contribution in [0.25, 0.3) is 0 Å². The van der Waals surface area contributed by atoms with Gasteiger partial charge in [-0.15, -0.1) is 0 Å². The fraction of sp³-hybridized carbons (Fsp3) is 0.0833. The summed E-state index contributed by atoms with van der Waals surface area (Å²) in [4.78, 5) is 10.2. The van der Waals surface area contributed by atoms with Gasteiger partial charge in [0, 0.05) is 24.5 Å². The van der Waals surface area contributed by atoms with Gasteiger partial charge >= 0.3 is 0 Å². The summed E-state index contributed by atoms with van der Waals surface area (Å²) in [5.74, 6) is 0.919. The number of hydrogen-bond acceptors (Lipinski definition) is 4. The number of nitrogens with one attached hydrogen (secondary N) is 1. The summed E-state index contributed by atoms with van der Waals surface area (Å²) in [6.07, 6.45) is 3.29. The van der Waals surface area contributed by atoms with E-state index >= 15 is 0 Å². The number of benzene rings is 1. The summed E-state index contributed by atoms with van der Waals surface area (Å²) in [7, 11) is 1.94. The van der Waals surface area contributed by atoms with Crippen LogP contribution in [0.15, 0.2) is 36.8 Å². The Morgan fingerprint density at radius 1 is 1.33 bits per heavy atom. The van der Waals surface area contributed by atoms with Crippen molar-refractivity contribution in [3.8, 4) is 0 Å². The largest absolute Gasteiger partial charge is 0.384 e. The van der Waals surface area contributed by atoms with Crippen molar-refractivity contribution in [1.29, 1.82) is 5.41 Å². The molecule has 0 aliphatic rings. The van der Waals surface area contributed by atoms with Crippen LogP contribution in [-0.2, 0) is 0 Å². The first-order valence-electron chi connectivity index (χ1n) is 5.23. The van der Waals surface area contributed by atoms with E-state index in [1.807, 2.05) is 36.2 Å². The second-order valence-corrected chi connectivity index (χ2v) is 4.88. The van der Waals surface area contributed by atoms with Crippen molar-refractivity contribution < 1.29 is 0 Å². The molecule has 0 fully saturated rings. The highest BCUT2D eigenvalue weighted by Gasteiger charge is 2.09. The van der Waals surface area contributed by atoms with Crippen molar-refractivity contribution in [3.05, 3.63) is 45.9 Å². The number of aromatic nitrogens is 2. The zero-order valence-corrected chi connectivity index (χ0v) is 11.9. The number of rotatable bonds is 3. The van der Waals surface area contributed by atoms with Crippen LogP contribution in [0.3, 0.4) is 0 Å². The first-order valence-corrected chi connectivity index (χ1v) is 6.31. The minimum atomic E-state index is 0.0702. The van der Waals surface area contributed by atoms with Gasteiger partial charge in [0.2, 0.25) is 0 Å². The van der Waals surface area contributed by atoms with Crippen LogP contribution in [0.4, 0.5) is 11.5 Å². The number of nitrogen functional groups attached to an aromatic ring is 1. The molecule has 0 saturated heterocycles. The van der Waals surface area contributed by atoms with Crippen LogP contribution < -0.4 is 10.6 Å². The average molecular weight is 353 g/mol. The van der Waals surface area contributed by atoms with E-state index in [-0.39, 0.29) is 5.84 Å². The second kappa shape index (κ2) is 5.30. The molecule has 1 aromatic heterocycles. The molecular weight excluding hydrogens is 341 g/mol. The quantitative estimate of drug-likeness (QED) is 0.503. The van der Waals surface area contributed by atoms with E-state index in [4.69, 9.17) is 11.1 Å². The lowest BCUT2D eigenvalue weighted by molar-refractivity contribution is 1.06. The maximum atomic E-state index is 7.35. The summed E-state index contributed by atoms with van der Waals surface area (Å²) in [6.45, 7) is 0. The average Bonchev–Trinajstić information content (AvgIpc) is 2.38. The highest BCUT2D eigenvalue weighted by molar-refractivity contribution is 14.1. The van der Waals surface area contributed by atoms with Crippen molar-refractivity contribution >= 4 is 39.9 Å². The predicted molar refractivity (Wildman–Crippen MR) is 80.3 cm³/mol. The van der Waals surface area contributed by atoms with E-state index in [2.05, 4.69) is 32.6 Å². The third-order valence-electron chi connectivity index (χ3n) is 2.53. The molecule has 5 nitrogen and oxygen atoms in total. The lowest BCUT2D eigenvalue weighted by atomic mass is 10.2. The topological polar surface area (TPSA) is 78.9 Å². The fourth-order valence-electron chi connectivity index (χ4n) is 1.54. The third-order valence-corrected chi connectivity index (χ3v) is 3.29. The molecule has 0 aliphatic heterocycles. The van der Waals surface area contributed by atoms with Gasteiger partial charge < -0.3 is 10.6 Å². The lowest BCUT2D eigenvalue weighted by Gasteiger charge is -2.19. The Kier molecular flexibility index (Phi) is 3.75. The molecular formula is C12H12IN5. The van der Waals surface area contributed by atoms with Gasteiger partial charge in [-0.1, -0.05) is 0 Å². The Bertz CT molecular complexity index is 567. The molecule has 1 heterocycles. The van der Waals surface area contributed by atoms with Gasteiger partial charge in [0.15, 0.2) is 0 Å². The fourth-order valence-corrected chi connectivity index (χ4v) is 2.20. The van der Waals surface area contributed by atoms with Crippen LogP contribution in [0.5, 0.6) is 0 Å². The molecule has 0 aliphatic carbocycles. The molecule has 0 spiro atoms. The van der Waals surface area contributed by atoms with Gasteiger partial charge in [-0.2, -0.15) is 0 Å². The molecule has 2 rings (SSSR count). The number of amidine groups is 1. The molecule has 0 saturated carbocycles. The first-order chi connectivity index (χ1) is 8.59. The number of halogens is 1. The van der Waals surface area contributed by atoms with Crippen LogP contribution in [0.1, 0.15) is 5.56 Å². The normalized spacial score (nSPS) is 10.1. The number of hydrogen-bond donors (Lipinski definition) is 2. The van der Waals surface area contributed by atoms with Crippen LogP contribution in [0, 0.1) is 8.98 Å². The number of anilines is 2. The molecule has 0 bridgehead atoms. The summed E-state index contributed by atoms with van der Waals surface area (Å²) in [5.41, 5.74) is 7.12. The monoisotopic (exact) mass is 353 g/mol. The summed E-state index contributed by atoms with van der Waals surface area (Å²) < 4.78 is 0.980. The molecule has 0 radical (unpaired) electrons. The molecule has 1 aromatic carbocycles. The highest BCUT2D eigenvalue weighted by Crippen LogP contribution is 2.25. The van der Waals surface area contributed by atoms with E-state index in [0.29, 0.717) is 5.56 Å². The van der Waals surface area contributed by atoms with E-state index in [9.17, 15) is 0 Å². The zero-order chi connectivity index (χ0) is 13.1. The molecule has 0 atom stereocenters. The smallest absolute Gasteiger partial charge is 0.149 e. The summed E-state index contributed by atoms with van der Waals surface area (Å²) >= 11 is 2.20. The Labute approximate surface area is 119 Å². The van der Waals surface area contributed by atoms with Crippen molar-refractivity contribution in [3.63, 3.8) is 0 Å². The van der Waals surface area contributed by atoms with Crippen LogP contribution >= 0.6 is 22.6 Å². The Hall–Kier alpha value is -1.70. The van der Waals surface area contributed by atoms with Crippen LogP contribution in [0.2, 0.25) is 0 Å². The number of nitrogens with two attached hydrogens (primary N) is 1. The van der Waals surface area contributed by atoms with Crippen molar-refractivity contribution in [2.24, 2.45) is 5.73 Å². The lowest BCUT2D eigenvalue weighted by Crippen LogP contribution is -2.14. The molecule has 2 aromatic rings. The van der Waals surface area contributed by atoms with Gasteiger partial charge in [-0.25, -0.2) is 9.97 Å². The SMILES string of the molecule is CN(c1ccc(C(=N)N)cc1)c1ncncc1I.